The van der Waals surface area contributed by atoms with E-state index in [4.69, 9.17) is 0 Å². The first-order chi connectivity index (χ1) is 15.3. The molecular weight excluding hydrogens is 449 g/mol. The zero-order valence-corrected chi connectivity index (χ0v) is 20.6. The molecule has 186 valence electrons. The van der Waals surface area contributed by atoms with Crippen LogP contribution in [0.25, 0.3) is 0 Å². The monoisotopic (exact) mass is 485 g/mol. The average Bonchev–Trinajstić information content (AvgIpc) is 2.74. The number of benzene rings is 1. The van der Waals surface area contributed by atoms with Gasteiger partial charge in [0.05, 0.1) is 0 Å². The molecule has 1 aromatic carbocycles. The summed E-state index contributed by atoms with van der Waals surface area (Å²) in [6, 6.07) is 3.86. The Kier molecular flexibility index (Phi) is 11.0. The van der Waals surface area contributed by atoms with Crippen LogP contribution in [0, 0.1) is 11.8 Å². The number of carbonyl (C=O) groups excluding carboxylic acids is 3. The SMILES string of the molecule is CC[C@H](C)[C@H](NC(C)=O)C(=O)N[C@H](C(=O)N[C@@H](Cc1ccc(O)cc1)P(=O)(O)O)[C@@H](C)CC. The molecule has 0 aromatic heterocycles. The van der Waals surface area contributed by atoms with Crippen molar-refractivity contribution in [1.29, 1.82) is 0 Å². The van der Waals surface area contributed by atoms with Crippen LogP contribution in [-0.4, -0.2) is 50.5 Å². The van der Waals surface area contributed by atoms with Gasteiger partial charge in [-0.3, -0.25) is 18.9 Å². The largest absolute Gasteiger partial charge is 0.508 e. The third-order valence-electron chi connectivity index (χ3n) is 5.73. The standard InChI is InChI=1S/C22H36N3O7P/c1-6-13(3)19(23-15(5)26)22(29)25-20(14(4)7-2)21(28)24-18(33(30,31)32)12-16-8-10-17(27)11-9-16/h8-11,13-14,18-20,27H,6-7,12H2,1-5H3,(H,23,26)(H,24,28)(H,25,29)(H2,30,31,32)/t13-,14-,18+,19-,20-/m0/s1. The summed E-state index contributed by atoms with van der Waals surface area (Å²) in [5, 5.41) is 17.1. The van der Waals surface area contributed by atoms with Crippen molar-refractivity contribution in [3.63, 3.8) is 0 Å². The van der Waals surface area contributed by atoms with E-state index in [1.165, 1.54) is 31.2 Å². The average molecular weight is 486 g/mol. The van der Waals surface area contributed by atoms with E-state index < -0.39 is 37.3 Å². The van der Waals surface area contributed by atoms with Crippen LogP contribution in [0.1, 0.15) is 53.0 Å². The van der Waals surface area contributed by atoms with E-state index in [0.29, 0.717) is 18.4 Å². The number of hydrogen-bond donors (Lipinski definition) is 6. The molecule has 5 atom stereocenters. The topological polar surface area (TPSA) is 165 Å². The molecule has 0 heterocycles. The molecule has 0 bridgehead atoms. The van der Waals surface area contributed by atoms with E-state index in [-0.39, 0.29) is 29.9 Å². The van der Waals surface area contributed by atoms with E-state index in [9.17, 15) is 33.8 Å². The van der Waals surface area contributed by atoms with Crippen LogP contribution in [0.15, 0.2) is 24.3 Å². The molecule has 33 heavy (non-hydrogen) atoms. The molecule has 0 saturated heterocycles. The van der Waals surface area contributed by atoms with Crippen LogP contribution in [0.2, 0.25) is 0 Å². The lowest BCUT2D eigenvalue weighted by atomic mass is 9.95. The second kappa shape index (κ2) is 12.7. The number of amides is 3. The van der Waals surface area contributed by atoms with Gasteiger partial charge in [0.2, 0.25) is 17.7 Å². The summed E-state index contributed by atoms with van der Waals surface area (Å²) in [4.78, 5) is 57.2. The van der Waals surface area contributed by atoms with Gasteiger partial charge in [-0.05, 0) is 29.5 Å². The quantitative estimate of drug-likeness (QED) is 0.245. The summed E-state index contributed by atoms with van der Waals surface area (Å²) in [5.74, 6) is -3.68. The fraction of sp³-hybridized carbons (Fsp3) is 0.591. The van der Waals surface area contributed by atoms with Crippen molar-refractivity contribution in [2.24, 2.45) is 11.8 Å². The summed E-state index contributed by atoms with van der Waals surface area (Å²) in [6.07, 6.45) is 0.968. The van der Waals surface area contributed by atoms with Gasteiger partial charge in [0.1, 0.15) is 23.6 Å². The Morgan fingerprint density at radius 1 is 0.879 bits per heavy atom. The summed E-state index contributed by atoms with van der Waals surface area (Å²) in [6.45, 7) is 8.55. The number of aromatic hydroxyl groups is 1. The number of phenolic OH excluding ortho intramolecular Hbond substituents is 1. The van der Waals surface area contributed by atoms with Crippen LogP contribution >= 0.6 is 7.60 Å². The Balaban J connectivity index is 3.10. The van der Waals surface area contributed by atoms with Crippen LogP contribution in [0.4, 0.5) is 0 Å². The Labute approximate surface area is 194 Å². The van der Waals surface area contributed by atoms with Crippen molar-refractivity contribution in [2.75, 3.05) is 0 Å². The molecule has 10 nitrogen and oxygen atoms in total. The van der Waals surface area contributed by atoms with Gasteiger partial charge >= 0.3 is 7.60 Å². The molecule has 0 unspecified atom stereocenters. The minimum absolute atomic E-state index is 0.00472. The molecule has 0 aliphatic carbocycles. The molecule has 0 radical (unpaired) electrons. The number of hydrogen-bond acceptors (Lipinski definition) is 5. The second-order valence-electron chi connectivity index (χ2n) is 8.42. The first-order valence-electron chi connectivity index (χ1n) is 11.0. The first kappa shape index (κ1) is 28.6. The van der Waals surface area contributed by atoms with Gasteiger partial charge in [-0.1, -0.05) is 52.7 Å². The summed E-state index contributed by atoms with van der Waals surface area (Å²) >= 11 is 0. The normalized spacial score (nSPS) is 16.1. The Morgan fingerprint density at radius 3 is 1.76 bits per heavy atom. The van der Waals surface area contributed by atoms with E-state index in [1.54, 1.807) is 13.8 Å². The highest BCUT2D eigenvalue weighted by Gasteiger charge is 2.36. The van der Waals surface area contributed by atoms with E-state index >= 15 is 0 Å². The third kappa shape index (κ3) is 9.15. The maximum Gasteiger partial charge on any atom is 0.347 e. The first-order valence-corrected chi connectivity index (χ1v) is 12.7. The van der Waals surface area contributed by atoms with E-state index in [1.807, 2.05) is 13.8 Å². The van der Waals surface area contributed by atoms with E-state index in [0.717, 1.165) is 0 Å². The molecule has 6 N–H and O–H groups in total. The number of phenols is 1. The van der Waals surface area contributed by atoms with Gasteiger partial charge in [-0.25, -0.2) is 0 Å². The van der Waals surface area contributed by atoms with Gasteiger partial charge in [0.15, 0.2) is 0 Å². The van der Waals surface area contributed by atoms with Crippen molar-refractivity contribution in [1.82, 2.24) is 16.0 Å². The lowest BCUT2D eigenvalue weighted by Gasteiger charge is -2.30. The number of rotatable bonds is 12. The maximum atomic E-state index is 13.1. The fourth-order valence-corrected chi connectivity index (χ4v) is 3.97. The fourth-order valence-electron chi connectivity index (χ4n) is 3.23. The minimum atomic E-state index is -4.74. The molecule has 0 saturated carbocycles. The molecule has 3 amide bonds. The molecule has 0 aliphatic heterocycles. The minimum Gasteiger partial charge on any atom is -0.508 e. The summed E-state index contributed by atoms with van der Waals surface area (Å²) < 4.78 is 12.1. The Bertz CT molecular complexity index is 856. The van der Waals surface area contributed by atoms with Gasteiger partial charge < -0.3 is 30.8 Å². The van der Waals surface area contributed by atoms with Crippen LogP contribution in [0.3, 0.4) is 0 Å². The molecule has 11 heteroatoms. The molecule has 0 spiro atoms. The lowest BCUT2D eigenvalue weighted by molar-refractivity contribution is -0.133. The number of carbonyl (C=O) groups is 3. The Morgan fingerprint density at radius 2 is 1.33 bits per heavy atom. The van der Waals surface area contributed by atoms with Gasteiger partial charge in [-0.15, -0.1) is 0 Å². The summed E-state index contributed by atoms with van der Waals surface area (Å²) in [7, 11) is -4.74. The van der Waals surface area contributed by atoms with Crippen molar-refractivity contribution >= 4 is 25.3 Å². The van der Waals surface area contributed by atoms with Crippen LogP contribution < -0.4 is 16.0 Å². The summed E-state index contributed by atoms with van der Waals surface area (Å²) in [5.41, 5.74) is 0.507. The van der Waals surface area contributed by atoms with E-state index in [2.05, 4.69) is 16.0 Å². The second-order valence-corrected chi connectivity index (χ2v) is 10.2. The Hall–Kier alpha value is -2.42. The highest BCUT2D eigenvalue weighted by Crippen LogP contribution is 2.41. The number of nitrogens with one attached hydrogen (secondary N) is 3. The van der Waals surface area contributed by atoms with Crippen molar-refractivity contribution in [3.05, 3.63) is 29.8 Å². The van der Waals surface area contributed by atoms with Crippen molar-refractivity contribution in [2.45, 2.75) is 71.7 Å². The predicted octanol–water partition coefficient (Wildman–Crippen LogP) is 1.64. The molecule has 0 aliphatic rings. The lowest BCUT2D eigenvalue weighted by Crippen LogP contribution is -2.58. The van der Waals surface area contributed by atoms with Gasteiger partial charge in [-0.2, -0.15) is 0 Å². The highest BCUT2D eigenvalue weighted by molar-refractivity contribution is 7.52. The van der Waals surface area contributed by atoms with Gasteiger partial charge in [0, 0.05) is 13.3 Å². The molecular formula is C22H36N3O7P. The maximum absolute atomic E-state index is 13.1. The van der Waals surface area contributed by atoms with Crippen LogP contribution in [-0.2, 0) is 25.4 Å². The smallest absolute Gasteiger partial charge is 0.347 e. The molecule has 1 rings (SSSR count). The zero-order valence-electron chi connectivity index (χ0n) is 19.7. The highest BCUT2D eigenvalue weighted by atomic mass is 31.2. The molecule has 1 aromatic rings. The van der Waals surface area contributed by atoms with Gasteiger partial charge in [0.25, 0.3) is 0 Å². The predicted molar refractivity (Wildman–Crippen MR) is 124 cm³/mol. The van der Waals surface area contributed by atoms with Crippen molar-refractivity contribution in [3.8, 4) is 5.75 Å². The molecule has 0 fully saturated rings. The van der Waals surface area contributed by atoms with Crippen molar-refractivity contribution < 1.29 is 33.8 Å². The van der Waals surface area contributed by atoms with Crippen LogP contribution in [0.5, 0.6) is 5.75 Å². The third-order valence-corrected chi connectivity index (χ3v) is 6.85. The zero-order chi connectivity index (χ0) is 25.3.